The average molecular weight is 450 g/mol. The monoisotopic (exact) mass is 449 g/mol. The lowest BCUT2D eigenvalue weighted by Crippen LogP contribution is -2.41. The molecule has 6 rings (SSSR count). The highest BCUT2D eigenvalue weighted by atomic mass is 35.5. The number of aromatic nitrogens is 8. The molecule has 6 heterocycles. The molecule has 0 radical (unpaired) electrons. The van der Waals surface area contributed by atoms with Gasteiger partial charge in [0.1, 0.15) is 11.2 Å². The van der Waals surface area contributed by atoms with E-state index in [-0.39, 0.29) is 11.8 Å². The number of amides is 1. The van der Waals surface area contributed by atoms with Crippen LogP contribution in [0.1, 0.15) is 33.8 Å². The zero-order valence-corrected chi connectivity index (χ0v) is 17.6. The fourth-order valence-corrected chi connectivity index (χ4v) is 4.22. The van der Waals surface area contributed by atoms with Crippen molar-refractivity contribution in [3.8, 4) is 11.5 Å². The van der Waals surface area contributed by atoms with E-state index in [0.29, 0.717) is 29.4 Å². The number of imidazole rings is 1. The third kappa shape index (κ3) is 2.89. The number of fused-ring (bicyclic) bond motifs is 2. The fourth-order valence-electron chi connectivity index (χ4n) is 4.01. The van der Waals surface area contributed by atoms with Crippen molar-refractivity contribution in [3.63, 3.8) is 0 Å². The standard InChI is InChI=1S/C20H16ClN9O2/c1-28-9-11(8-24-28)18-25-26-19(32-18)20(31)29-6-5-13-16(23-10-22-13)17(29)14-7-12-3-2-4-15(21)30(12)27-14/h2-4,7-10,17H,5-6H2,1H3,(H,22,23)/t17-/m0/s1. The molecule has 1 atom stereocenters. The van der Waals surface area contributed by atoms with Crippen LogP contribution in [0.4, 0.5) is 0 Å². The number of hydrogen-bond acceptors (Lipinski definition) is 7. The summed E-state index contributed by atoms with van der Waals surface area (Å²) >= 11 is 6.30. The largest absolute Gasteiger partial charge is 0.412 e. The molecular formula is C20H16ClN9O2. The molecule has 0 aliphatic carbocycles. The number of halogens is 1. The number of carbonyl (C=O) groups is 1. The first kappa shape index (κ1) is 18.8. The number of aryl methyl sites for hydroxylation is 1. The summed E-state index contributed by atoms with van der Waals surface area (Å²) in [6, 6.07) is 6.89. The Bertz CT molecular complexity index is 1460. The zero-order chi connectivity index (χ0) is 21.8. The van der Waals surface area contributed by atoms with E-state index < -0.39 is 11.9 Å². The smallest absolute Gasteiger partial charge is 0.312 e. The van der Waals surface area contributed by atoms with E-state index in [0.717, 1.165) is 16.9 Å². The maximum absolute atomic E-state index is 13.5. The summed E-state index contributed by atoms with van der Waals surface area (Å²) in [6.45, 7) is 0.435. The van der Waals surface area contributed by atoms with Gasteiger partial charge < -0.3 is 14.3 Å². The Morgan fingerprint density at radius 2 is 2.22 bits per heavy atom. The fraction of sp³-hybridized carbons (Fsp3) is 0.200. The van der Waals surface area contributed by atoms with E-state index in [2.05, 4.69) is 30.4 Å². The van der Waals surface area contributed by atoms with Gasteiger partial charge >= 0.3 is 11.8 Å². The highest BCUT2D eigenvalue weighted by molar-refractivity contribution is 6.29. The molecule has 0 saturated heterocycles. The highest BCUT2D eigenvalue weighted by Gasteiger charge is 2.38. The number of carbonyl (C=O) groups excluding carboxylic acids is 1. The van der Waals surface area contributed by atoms with Crippen molar-refractivity contribution in [2.75, 3.05) is 6.54 Å². The molecule has 5 aromatic rings. The van der Waals surface area contributed by atoms with Crippen LogP contribution in [0.15, 0.2) is 47.4 Å². The Kier molecular flexibility index (Phi) is 4.12. The van der Waals surface area contributed by atoms with Crippen molar-refractivity contribution < 1.29 is 9.21 Å². The van der Waals surface area contributed by atoms with E-state index in [1.54, 1.807) is 45.9 Å². The second kappa shape index (κ2) is 7.02. The third-order valence-corrected chi connectivity index (χ3v) is 5.77. The molecule has 0 saturated carbocycles. The summed E-state index contributed by atoms with van der Waals surface area (Å²) in [5.74, 6) is -0.265. The van der Waals surface area contributed by atoms with Gasteiger partial charge in [0.15, 0.2) is 0 Å². The van der Waals surface area contributed by atoms with Crippen LogP contribution in [-0.2, 0) is 13.5 Å². The van der Waals surface area contributed by atoms with Crippen LogP contribution in [0.2, 0.25) is 5.15 Å². The third-order valence-electron chi connectivity index (χ3n) is 5.48. The molecule has 160 valence electrons. The van der Waals surface area contributed by atoms with E-state index in [1.807, 2.05) is 18.2 Å². The van der Waals surface area contributed by atoms with Crippen LogP contribution in [-0.4, -0.2) is 56.9 Å². The Hall–Kier alpha value is -3.99. The summed E-state index contributed by atoms with van der Waals surface area (Å²) in [6.07, 6.45) is 5.58. The van der Waals surface area contributed by atoms with Crippen molar-refractivity contribution in [2.45, 2.75) is 12.5 Å². The number of hydrogen-bond donors (Lipinski definition) is 1. The van der Waals surface area contributed by atoms with Crippen LogP contribution in [0.5, 0.6) is 0 Å². The molecule has 5 aromatic heterocycles. The molecule has 0 spiro atoms. The van der Waals surface area contributed by atoms with Gasteiger partial charge in [0.2, 0.25) is 0 Å². The van der Waals surface area contributed by atoms with Gasteiger partial charge in [0.25, 0.3) is 5.89 Å². The maximum Gasteiger partial charge on any atom is 0.312 e. The Morgan fingerprint density at radius 3 is 3.03 bits per heavy atom. The minimum atomic E-state index is -0.526. The Morgan fingerprint density at radius 1 is 1.31 bits per heavy atom. The molecule has 12 heteroatoms. The van der Waals surface area contributed by atoms with Gasteiger partial charge in [-0.15, -0.1) is 10.2 Å². The zero-order valence-electron chi connectivity index (χ0n) is 16.8. The number of nitrogens with zero attached hydrogens (tertiary/aromatic N) is 8. The van der Waals surface area contributed by atoms with Gasteiger partial charge in [-0.2, -0.15) is 10.2 Å². The molecular weight excluding hydrogens is 434 g/mol. The van der Waals surface area contributed by atoms with E-state index in [9.17, 15) is 4.79 Å². The van der Waals surface area contributed by atoms with Gasteiger partial charge in [-0.25, -0.2) is 9.50 Å². The van der Waals surface area contributed by atoms with Gasteiger partial charge in [-0.1, -0.05) is 17.7 Å². The van der Waals surface area contributed by atoms with Crippen molar-refractivity contribution in [1.82, 2.24) is 44.5 Å². The molecule has 1 amide bonds. The van der Waals surface area contributed by atoms with Gasteiger partial charge in [0.05, 0.1) is 35.0 Å². The first-order chi connectivity index (χ1) is 15.6. The summed E-state index contributed by atoms with van der Waals surface area (Å²) in [5, 5.41) is 17.2. The summed E-state index contributed by atoms with van der Waals surface area (Å²) in [5.41, 5.74) is 3.80. The SMILES string of the molecule is Cn1cc(-c2nnc(C(=O)N3CCc4[nH]cnc4[C@@H]3c3cc4cccc(Cl)n4n3)o2)cn1. The van der Waals surface area contributed by atoms with Crippen molar-refractivity contribution >= 4 is 23.0 Å². The summed E-state index contributed by atoms with van der Waals surface area (Å²) in [7, 11) is 1.78. The van der Waals surface area contributed by atoms with Gasteiger partial charge in [0, 0.05) is 31.9 Å². The minimum absolute atomic E-state index is 0.102. The lowest BCUT2D eigenvalue weighted by molar-refractivity contribution is 0.0646. The summed E-state index contributed by atoms with van der Waals surface area (Å²) in [4.78, 5) is 22.7. The molecule has 0 fully saturated rings. The molecule has 11 nitrogen and oxygen atoms in total. The van der Waals surface area contributed by atoms with Crippen LogP contribution < -0.4 is 0 Å². The van der Waals surface area contributed by atoms with Crippen molar-refractivity contribution in [2.24, 2.45) is 7.05 Å². The molecule has 1 aliphatic heterocycles. The lowest BCUT2D eigenvalue weighted by atomic mass is 9.99. The normalized spacial score (nSPS) is 15.9. The minimum Gasteiger partial charge on any atom is -0.412 e. The average Bonchev–Trinajstić information content (AvgIpc) is 3.57. The van der Waals surface area contributed by atoms with Crippen LogP contribution >= 0.6 is 11.6 Å². The first-order valence-electron chi connectivity index (χ1n) is 9.88. The van der Waals surface area contributed by atoms with E-state index in [4.69, 9.17) is 16.0 Å². The topological polar surface area (TPSA) is 123 Å². The molecule has 0 aromatic carbocycles. The van der Waals surface area contributed by atoms with Crippen LogP contribution in [0.25, 0.3) is 17.0 Å². The molecule has 0 unspecified atom stereocenters. The van der Waals surface area contributed by atoms with Gasteiger partial charge in [-0.3, -0.25) is 9.48 Å². The van der Waals surface area contributed by atoms with Crippen molar-refractivity contribution in [3.05, 3.63) is 71.1 Å². The second-order valence-corrected chi connectivity index (χ2v) is 7.87. The van der Waals surface area contributed by atoms with Gasteiger partial charge in [-0.05, 0) is 18.2 Å². The number of nitrogens with one attached hydrogen (secondary N) is 1. The molecule has 0 bridgehead atoms. The Balaban J connectivity index is 1.41. The van der Waals surface area contributed by atoms with Crippen LogP contribution in [0.3, 0.4) is 0 Å². The summed E-state index contributed by atoms with van der Waals surface area (Å²) < 4.78 is 8.94. The quantitative estimate of drug-likeness (QED) is 0.419. The first-order valence-corrected chi connectivity index (χ1v) is 10.3. The van der Waals surface area contributed by atoms with E-state index >= 15 is 0 Å². The van der Waals surface area contributed by atoms with E-state index in [1.165, 1.54) is 0 Å². The lowest BCUT2D eigenvalue weighted by Gasteiger charge is -2.32. The van der Waals surface area contributed by atoms with Crippen LogP contribution in [0, 0.1) is 0 Å². The maximum atomic E-state index is 13.5. The predicted molar refractivity (Wildman–Crippen MR) is 112 cm³/mol. The predicted octanol–water partition coefficient (Wildman–Crippen LogP) is 2.28. The molecule has 32 heavy (non-hydrogen) atoms. The number of pyridine rings is 1. The van der Waals surface area contributed by atoms with Crippen molar-refractivity contribution in [1.29, 1.82) is 0 Å². The number of H-pyrrole nitrogens is 1. The second-order valence-electron chi connectivity index (χ2n) is 7.49. The number of aromatic amines is 1. The Labute approximate surface area is 185 Å². The molecule has 1 N–H and O–H groups in total. The molecule has 1 aliphatic rings. The number of rotatable bonds is 3. The highest BCUT2D eigenvalue weighted by Crippen LogP contribution is 2.34.